The second-order valence-corrected chi connectivity index (χ2v) is 4.16. The van der Waals surface area contributed by atoms with Gasteiger partial charge in [-0.3, -0.25) is 5.32 Å². The predicted octanol–water partition coefficient (Wildman–Crippen LogP) is 3.42. The first kappa shape index (κ1) is 13.7. The number of rotatable bonds is 4. The van der Waals surface area contributed by atoms with E-state index in [1.807, 2.05) is 31.2 Å². The third kappa shape index (κ3) is 3.00. The number of nitrogens with two attached hydrogens (primary N) is 1. The van der Waals surface area contributed by atoms with Crippen molar-refractivity contribution < 1.29 is 14.6 Å². The number of carbonyl (C=O) groups is 1. The number of hydrogen-bond donors (Lipinski definition) is 3. The van der Waals surface area contributed by atoms with Crippen molar-refractivity contribution in [2.24, 2.45) is 0 Å². The molecule has 0 aromatic heterocycles. The van der Waals surface area contributed by atoms with Gasteiger partial charge in [-0.2, -0.15) is 0 Å². The van der Waals surface area contributed by atoms with Crippen LogP contribution in [0.5, 0.6) is 5.75 Å². The molecule has 1 amide bonds. The zero-order chi connectivity index (χ0) is 14.5. The van der Waals surface area contributed by atoms with Gasteiger partial charge < -0.3 is 15.6 Å². The number of nitrogen functional groups attached to an aromatic ring is 1. The van der Waals surface area contributed by atoms with Crippen molar-refractivity contribution in [2.75, 3.05) is 17.7 Å². The average Bonchev–Trinajstić information content (AvgIpc) is 2.40. The van der Waals surface area contributed by atoms with E-state index >= 15 is 0 Å². The second kappa shape index (κ2) is 5.97. The molecule has 0 atom stereocenters. The zero-order valence-corrected chi connectivity index (χ0v) is 11.1. The van der Waals surface area contributed by atoms with Gasteiger partial charge in [0.1, 0.15) is 5.75 Å². The molecule has 0 radical (unpaired) electrons. The van der Waals surface area contributed by atoms with Gasteiger partial charge in [-0.1, -0.05) is 24.3 Å². The van der Waals surface area contributed by atoms with Gasteiger partial charge in [0.2, 0.25) is 0 Å². The van der Waals surface area contributed by atoms with Crippen LogP contribution in [0.1, 0.15) is 6.92 Å². The molecule has 0 aliphatic heterocycles. The van der Waals surface area contributed by atoms with Crippen molar-refractivity contribution in [1.82, 2.24) is 0 Å². The van der Waals surface area contributed by atoms with Crippen molar-refractivity contribution >= 4 is 17.5 Å². The van der Waals surface area contributed by atoms with Crippen LogP contribution < -0.4 is 15.8 Å². The summed E-state index contributed by atoms with van der Waals surface area (Å²) in [5, 5.41) is 11.0. The van der Waals surface area contributed by atoms with Crippen molar-refractivity contribution in [3.05, 3.63) is 42.5 Å². The molecule has 0 heterocycles. The molecule has 0 spiro atoms. The number of anilines is 2. The summed E-state index contributed by atoms with van der Waals surface area (Å²) >= 11 is 0. The minimum Gasteiger partial charge on any atom is -0.493 e. The summed E-state index contributed by atoms with van der Waals surface area (Å²) in [6.45, 7) is 2.48. The summed E-state index contributed by atoms with van der Waals surface area (Å²) in [6.07, 6.45) is -1.12. The second-order valence-electron chi connectivity index (χ2n) is 4.16. The first-order valence-electron chi connectivity index (χ1n) is 6.23. The molecule has 2 aromatic rings. The quantitative estimate of drug-likeness (QED) is 0.744. The van der Waals surface area contributed by atoms with Crippen LogP contribution in [-0.4, -0.2) is 17.8 Å². The highest BCUT2D eigenvalue weighted by molar-refractivity contribution is 5.87. The van der Waals surface area contributed by atoms with Crippen LogP contribution in [0, 0.1) is 0 Å². The summed E-state index contributed by atoms with van der Waals surface area (Å²) in [5.74, 6) is 0.751. The van der Waals surface area contributed by atoms with Crippen LogP contribution in [0.4, 0.5) is 16.2 Å². The summed E-state index contributed by atoms with van der Waals surface area (Å²) < 4.78 is 5.58. The molecular weight excluding hydrogens is 256 g/mol. The molecule has 0 bridgehead atoms. The van der Waals surface area contributed by atoms with E-state index in [4.69, 9.17) is 15.6 Å². The third-order valence-electron chi connectivity index (χ3n) is 2.78. The van der Waals surface area contributed by atoms with Crippen LogP contribution in [0.25, 0.3) is 11.1 Å². The Hall–Kier alpha value is -2.69. The number of para-hydroxylation sites is 1. The van der Waals surface area contributed by atoms with Crippen LogP contribution >= 0.6 is 0 Å². The average molecular weight is 272 g/mol. The largest absolute Gasteiger partial charge is 0.493 e. The van der Waals surface area contributed by atoms with Crippen molar-refractivity contribution in [2.45, 2.75) is 6.92 Å². The molecular formula is C15H16N2O3. The molecule has 0 unspecified atom stereocenters. The van der Waals surface area contributed by atoms with Crippen LogP contribution in [0.2, 0.25) is 0 Å². The van der Waals surface area contributed by atoms with Crippen LogP contribution in [0.15, 0.2) is 42.5 Å². The smallest absolute Gasteiger partial charge is 0.409 e. The lowest BCUT2D eigenvalue weighted by atomic mass is 10.0. The van der Waals surface area contributed by atoms with E-state index in [2.05, 4.69) is 5.32 Å². The monoisotopic (exact) mass is 272 g/mol. The van der Waals surface area contributed by atoms with E-state index in [1.54, 1.807) is 18.2 Å². The van der Waals surface area contributed by atoms with E-state index < -0.39 is 6.09 Å². The molecule has 20 heavy (non-hydrogen) atoms. The van der Waals surface area contributed by atoms with Crippen molar-refractivity contribution in [3.63, 3.8) is 0 Å². The number of ether oxygens (including phenoxy) is 1. The Kier molecular flexibility index (Phi) is 4.10. The topological polar surface area (TPSA) is 84.6 Å². The maximum absolute atomic E-state index is 10.6. The molecule has 5 nitrogen and oxygen atoms in total. The highest BCUT2D eigenvalue weighted by Gasteiger charge is 2.10. The molecule has 2 rings (SSSR count). The predicted molar refractivity (Wildman–Crippen MR) is 79.1 cm³/mol. The fourth-order valence-corrected chi connectivity index (χ4v) is 1.98. The Labute approximate surface area is 117 Å². The van der Waals surface area contributed by atoms with Gasteiger partial charge >= 0.3 is 6.09 Å². The molecule has 0 fully saturated rings. The summed E-state index contributed by atoms with van der Waals surface area (Å²) in [4.78, 5) is 10.6. The fraction of sp³-hybridized carbons (Fsp3) is 0.133. The molecule has 0 saturated carbocycles. The first-order chi connectivity index (χ1) is 9.61. The van der Waals surface area contributed by atoms with Crippen LogP contribution in [0.3, 0.4) is 0 Å². The maximum Gasteiger partial charge on any atom is 0.409 e. The number of nitrogens with one attached hydrogen (secondary N) is 1. The first-order valence-corrected chi connectivity index (χ1v) is 6.23. The van der Waals surface area contributed by atoms with Crippen molar-refractivity contribution in [1.29, 1.82) is 0 Å². The Morgan fingerprint density at radius 1 is 1.25 bits per heavy atom. The Balaban J connectivity index is 2.40. The third-order valence-corrected chi connectivity index (χ3v) is 2.78. The minimum absolute atomic E-state index is 0.438. The molecule has 5 heteroatoms. The molecule has 0 saturated heterocycles. The standard InChI is InChI=1S/C15H16N2O3/c1-2-20-14-6-4-3-5-12(14)11-8-7-10(9-13(11)16)17-15(18)19/h3-9,17H,2,16H2,1H3,(H,18,19). The van der Waals surface area contributed by atoms with E-state index in [1.165, 1.54) is 0 Å². The summed E-state index contributed by atoms with van der Waals surface area (Å²) in [6, 6.07) is 12.6. The fourth-order valence-electron chi connectivity index (χ4n) is 1.98. The summed E-state index contributed by atoms with van der Waals surface area (Å²) in [7, 11) is 0. The lowest BCUT2D eigenvalue weighted by Gasteiger charge is -2.13. The highest BCUT2D eigenvalue weighted by Crippen LogP contribution is 2.35. The number of carboxylic acid groups (broad SMARTS) is 1. The lowest BCUT2D eigenvalue weighted by molar-refractivity contribution is 0.210. The van der Waals surface area contributed by atoms with Gasteiger partial charge in [-0.05, 0) is 25.1 Å². The van der Waals surface area contributed by atoms with Crippen molar-refractivity contribution in [3.8, 4) is 16.9 Å². The SMILES string of the molecule is CCOc1ccccc1-c1ccc(NC(=O)O)cc1N. The number of hydrogen-bond acceptors (Lipinski definition) is 3. The van der Waals surface area contributed by atoms with E-state index in [9.17, 15) is 4.79 Å². The lowest BCUT2D eigenvalue weighted by Crippen LogP contribution is -2.07. The van der Waals surface area contributed by atoms with E-state index in [0.29, 0.717) is 18.0 Å². The summed E-state index contributed by atoms with van der Waals surface area (Å²) in [5.41, 5.74) is 8.63. The Morgan fingerprint density at radius 2 is 2.00 bits per heavy atom. The zero-order valence-electron chi connectivity index (χ0n) is 11.1. The van der Waals surface area contributed by atoms with Gasteiger partial charge in [0.25, 0.3) is 0 Å². The van der Waals surface area contributed by atoms with Gasteiger partial charge in [0, 0.05) is 22.5 Å². The molecule has 0 aliphatic carbocycles. The Bertz CT molecular complexity index is 626. The van der Waals surface area contributed by atoms with Gasteiger partial charge in [-0.15, -0.1) is 0 Å². The van der Waals surface area contributed by atoms with Crippen LogP contribution in [-0.2, 0) is 0 Å². The maximum atomic E-state index is 10.6. The molecule has 4 N–H and O–H groups in total. The molecule has 104 valence electrons. The van der Waals surface area contributed by atoms with Gasteiger partial charge in [-0.25, -0.2) is 4.79 Å². The van der Waals surface area contributed by atoms with E-state index in [0.717, 1.165) is 16.9 Å². The Morgan fingerprint density at radius 3 is 2.65 bits per heavy atom. The normalized spacial score (nSPS) is 10.1. The molecule has 0 aliphatic rings. The minimum atomic E-state index is -1.12. The van der Waals surface area contributed by atoms with Gasteiger partial charge in [0.15, 0.2) is 0 Å². The number of benzene rings is 2. The van der Waals surface area contributed by atoms with Gasteiger partial charge in [0.05, 0.1) is 6.61 Å². The number of amides is 1. The molecule has 2 aromatic carbocycles. The highest BCUT2D eigenvalue weighted by atomic mass is 16.5. The van der Waals surface area contributed by atoms with E-state index in [-0.39, 0.29) is 0 Å².